The second-order valence-electron chi connectivity index (χ2n) is 4.82. The van der Waals surface area contributed by atoms with Gasteiger partial charge < -0.3 is 0 Å². The molecule has 2 aromatic heterocycles. The maximum absolute atomic E-state index is 4.63. The topological polar surface area (TPSA) is 30.2 Å². The summed E-state index contributed by atoms with van der Waals surface area (Å²) >= 11 is 0. The molecule has 0 N–H and O–H groups in total. The van der Waals surface area contributed by atoms with Crippen LogP contribution in [0.1, 0.15) is 39.2 Å². The summed E-state index contributed by atoms with van der Waals surface area (Å²) in [6.07, 6.45) is 2.92. The normalized spacial score (nSPS) is 12.3. The number of aromatic nitrogens is 3. The standard InChI is InChI=1S/C12H17N3/c1-5-9-10-7-6-8-15(10)14-11(13-9)12(2,3)4/h6-8H,5H2,1-4H3. The highest BCUT2D eigenvalue weighted by molar-refractivity contribution is 5.51. The number of aryl methyl sites for hydroxylation is 1. The van der Waals surface area contributed by atoms with Gasteiger partial charge in [-0.25, -0.2) is 9.50 Å². The molecule has 3 nitrogen and oxygen atoms in total. The zero-order valence-corrected chi connectivity index (χ0v) is 9.78. The van der Waals surface area contributed by atoms with Crippen LogP contribution in [0.15, 0.2) is 18.3 Å². The molecule has 0 atom stereocenters. The van der Waals surface area contributed by atoms with Gasteiger partial charge in [-0.2, -0.15) is 5.10 Å². The van der Waals surface area contributed by atoms with Crippen LogP contribution < -0.4 is 0 Å². The number of nitrogens with zero attached hydrogens (tertiary/aromatic N) is 3. The van der Waals surface area contributed by atoms with Gasteiger partial charge in [0.25, 0.3) is 0 Å². The van der Waals surface area contributed by atoms with Crippen LogP contribution in [0.25, 0.3) is 5.52 Å². The molecule has 2 heterocycles. The summed E-state index contributed by atoms with van der Waals surface area (Å²) in [5.41, 5.74) is 2.24. The van der Waals surface area contributed by atoms with E-state index in [0.717, 1.165) is 23.5 Å². The molecule has 0 unspecified atom stereocenters. The summed E-state index contributed by atoms with van der Waals surface area (Å²) in [6.45, 7) is 8.53. The summed E-state index contributed by atoms with van der Waals surface area (Å²) in [5.74, 6) is 0.906. The molecular weight excluding hydrogens is 186 g/mol. The van der Waals surface area contributed by atoms with Crippen molar-refractivity contribution in [1.82, 2.24) is 14.6 Å². The van der Waals surface area contributed by atoms with Crippen molar-refractivity contribution >= 4 is 5.52 Å². The van der Waals surface area contributed by atoms with Gasteiger partial charge in [0.2, 0.25) is 0 Å². The van der Waals surface area contributed by atoms with E-state index in [1.165, 1.54) is 0 Å². The van der Waals surface area contributed by atoms with Crippen LogP contribution in [-0.4, -0.2) is 14.6 Å². The summed E-state index contributed by atoms with van der Waals surface area (Å²) in [7, 11) is 0. The first-order valence-corrected chi connectivity index (χ1v) is 5.37. The predicted octanol–water partition coefficient (Wildman–Crippen LogP) is 2.59. The molecule has 2 rings (SSSR count). The van der Waals surface area contributed by atoms with E-state index in [1.807, 2.05) is 16.8 Å². The molecular formula is C12H17N3. The highest BCUT2D eigenvalue weighted by Gasteiger charge is 2.19. The zero-order valence-electron chi connectivity index (χ0n) is 9.78. The third-order valence-electron chi connectivity index (χ3n) is 2.47. The van der Waals surface area contributed by atoms with Crippen LogP contribution in [0, 0.1) is 0 Å². The molecule has 2 aromatic rings. The molecule has 0 aliphatic heterocycles. The molecule has 3 heteroatoms. The highest BCUT2D eigenvalue weighted by Crippen LogP contribution is 2.19. The molecule has 0 bridgehead atoms. The third kappa shape index (κ3) is 1.74. The van der Waals surface area contributed by atoms with Gasteiger partial charge in [-0.1, -0.05) is 27.7 Å². The van der Waals surface area contributed by atoms with Crippen molar-refractivity contribution in [3.05, 3.63) is 29.8 Å². The van der Waals surface area contributed by atoms with Gasteiger partial charge in [0.05, 0.1) is 11.2 Å². The molecule has 0 spiro atoms. The molecule has 0 aromatic carbocycles. The van der Waals surface area contributed by atoms with E-state index in [4.69, 9.17) is 0 Å². The number of hydrogen-bond donors (Lipinski definition) is 0. The van der Waals surface area contributed by atoms with Crippen LogP contribution in [-0.2, 0) is 11.8 Å². The third-order valence-corrected chi connectivity index (χ3v) is 2.47. The molecule has 0 saturated heterocycles. The number of fused-ring (bicyclic) bond motifs is 1. The van der Waals surface area contributed by atoms with Gasteiger partial charge in [0.1, 0.15) is 0 Å². The van der Waals surface area contributed by atoms with Gasteiger partial charge >= 0.3 is 0 Å². The van der Waals surface area contributed by atoms with E-state index < -0.39 is 0 Å². The fraction of sp³-hybridized carbons (Fsp3) is 0.500. The Kier molecular flexibility index (Phi) is 2.25. The smallest absolute Gasteiger partial charge is 0.154 e. The van der Waals surface area contributed by atoms with Crippen LogP contribution in [0.4, 0.5) is 0 Å². The number of rotatable bonds is 1. The molecule has 0 saturated carbocycles. The minimum absolute atomic E-state index is 0.00236. The Morgan fingerprint density at radius 3 is 2.67 bits per heavy atom. The molecule has 15 heavy (non-hydrogen) atoms. The maximum atomic E-state index is 4.63. The Morgan fingerprint density at radius 1 is 1.33 bits per heavy atom. The Hall–Kier alpha value is -1.38. The minimum atomic E-state index is 0.00236. The monoisotopic (exact) mass is 203 g/mol. The van der Waals surface area contributed by atoms with Crippen LogP contribution >= 0.6 is 0 Å². The van der Waals surface area contributed by atoms with Gasteiger partial charge in [-0.05, 0) is 18.6 Å². The summed E-state index contributed by atoms with van der Waals surface area (Å²) in [4.78, 5) is 4.63. The van der Waals surface area contributed by atoms with E-state index in [0.29, 0.717) is 0 Å². The van der Waals surface area contributed by atoms with Gasteiger partial charge in [0, 0.05) is 11.6 Å². The van der Waals surface area contributed by atoms with Gasteiger partial charge in [0.15, 0.2) is 5.82 Å². The van der Waals surface area contributed by atoms with E-state index in [-0.39, 0.29) is 5.41 Å². The largest absolute Gasteiger partial charge is 0.237 e. The predicted molar refractivity (Wildman–Crippen MR) is 61.1 cm³/mol. The van der Waals surface area contributed by atoms with Gasteiger partial charge in [-0.3, -0.25) is 0 Å². The average Bonchev–Trinajstić information content (AvgIpc) is 2.62. The van der Waals surface area contributed by atoms with Crippen molar-refractivity contribution in [1.29, 1.82) is 0 Å². The van der Waals surface area contributed by atoms with Gasteiger partial charge in [-0.15, -0.1) is 0 Å². The SMILES string of the molecule is CCc1nc(C(C)(C)C)nn2cccc12. The van der Waals surface area contributed by atoms with E-state index in [2.05, 4.69) is 43.8 Å². The summed E-state index contributed by atoms with van der Waals surface area (Å²) < 4.78 is 1.92. The Bertz CT molecular complexity index is 477. The molecule has 0 fully saturated rings. The van der Waals surface area contributed by atoms with E-state index in [1.54, 1.807) is 0 Å². The van der Waals surface area contributed by atoms with Crippen molar-refractivity contribution in [2.24, 2.45) is 0 Å². The molecule has 0 aliphatic carbocycles. The highest BCUT2D eigenvalue weighted by atomic mass is 15.2. The lowest BCUT2D eigenvalue weighted by Gasteiger charge is -2.17. The fourth-order valence-electron chi connectivity index (χ4n) is 1.58. The summed E-state index contributed by atoms with van der Waals surface area (Å²) in [5, 5.41) is 4.52. The first-order valence-electron chi connectivity index (χ1n) is 5.37. The first-order chi connectivity index (χ1) is 7.02. The van der Waals surface area contributed by atoms with E-state index in [9.17, 15) is 0 Å². The lowest BCUT2D eigenvalue weighted by molar-refractivity contribution is 0.525. The Labute approximate surface area is 90.1 Å². The number of hydrogen-bond acceptors (Lipinski definition) is 2. The molecule has 0 aliphatic rings. The second kappa shape index (κ2) is 3.33. The van der Waals surface area contributed by atoms with Crippen LogP contribution in [0.2, 0.25) is 0 Å². The van der Waals surface area contributed by atoms with Crippen molar-refractivity contribution in [3.63, 3.8) is 0 Å². The molecule has 80 valence electrons. The molecule has 0 amide bonds. The zero-order chi connectivity index (χ0) is 11.1. The van der Waals surface area contributed by atoms with Crippen LogP contribution in [0.3, 0.4) is 0 Å². The average molecular weight is 203 g/mol. The lowest BCUT2D eigenvalue weighted by atomic mass is 9.96. The van der Waals surface area contributed by atoms with Crippen molar-refractivity contribution in [3.8, 4) is 0 Å². The molecule has 0 radical (unpaired) electrons. The minimum Gasteiger partial charge on any atom is -0.237 e. The van der Waals surface area contributed by atoms with Crippen LogP contribution in [0.5, 0.6) is 0 Å². The van der Waals surface area contributed by atoms with Crippen molar-refractivity contribution in [2.45, 2.75) is 39.5 Å². The van der Waals surface area contributed by atoms with Crippen molar-refractivity contribution < 1.29 is 0 Å². The fourth-order valence-corrected chi connectivity index (χ4v) is 1.58. The quantitative estimate of drug-likeness (QED) is 0.713. The Morgan fingerprint density at radius 2 is 2.07 bits per heavy atom. The summed E-state index contributed by atoms with van der Waals surface area (Å²) in [6, 6.07) is 4.07. The van der Waals surface area contributed by atoms with E-state index >= 15 is 0 Å². The lowest BCUT2D eigenvalue weighted by Crippen LogP contribution is -2.19. The van der Waals surface area contributed by atoms with Crippen molar-refractivity contribution in [2.75, 3.05) is 0 Å². The maximum Gasteiger partial charge on any atom is 0.154 e. The first kappa shape index (κ1) is 10.1. The Balaban J connectivity index is 2.69. The second-order valence-corrected chi connectivity index (χ2v) is 4.82.